The predicted octanol–water partition coefficient (Wildman–Crippen LogP) is 2.83. The van der Waals surface area contributed by atoms with E-state index in [-0.39, 0.29) is 18.0 Å². The van der Waals surface area contributed by atoms with Crippen LogP contribution in [-0.2, 0) is 23.9 Å². The molecule has 0 amide bonds. The van der Waals surface area contributed by atoms with Crippen molar-refractivity contribution in [2.45, 2.75) is 52.7 Å². The molecule has 0 aromatic carbocycles. The maximum Gasteiger partial charge on any atom is 0.343 e. The Morgan fingerprint density at radius 1 is 1.31 bits per heavy atom. The number of ketones is 2. The standard InChI is InChI=1S/C23H28O6/c1-6-12(2)7-8-16-9-15-10-18(25)23(5)20(17(15)11-28-16)19(22(27)29-23)21(26)13(3)14(4)24/h7-10,12-14,17,24H,6,11H2,1-5H3/b8-7+/t12-,13-,14+,17?,23+/m0/s1. The summed E-state index contributed by atoms with van der Waals surface area (Å²) >= 11 is 0. The Kier molecular flexibility index (Phi) is 5.68. The lowest BCUT2D eigenvalue weighted by Gasteiger charge is -2.36. The molecule has 2 heterocycles. The highest BCUT2D eigenvalue weighted by atomic mass is 16.6. The number of hydrogen-bond donors (Lipinski definition) is 1. The van der Waals surface area contributed by atoms with Crippen LogP contribution in [0.3, 0.4) is 0 Å². The Labute approximate surface area is 170 Å². The van der Waals surface area contributed by atoms with Crippen molar-refractivity contribution < 1.29 is 29.0 Å². The maximum absolute atomic E-state index is 12.9. The lowest BCUT2D eigenvalue weighted by atomic mass is 9.71. The average molecular weight is 400 g/mol. The molecule has 1 unspecified atom stereocenters. The smallest absolute Gasteiger partial charge is 0.343 e. The highest BCUT2D eigenvalue weighted by Gasteiger charge is 2.56. The van der Waals surface area contributed by atoms with Crippen molar-refractivity contribution in [2.75, 3.05) is 6.61 Å². The number of carbonyl (C=O) groups is 3. The molecule has 0 spiro atoms. The molecule has 0 aromatic rings. The summed E-state index contributed by atoms with van der Waals surface area (Å²) in [5.41, 5.74) is -0.578. The monoisotopic (exact) mass is 400 g/mol. The zero-order chi connectivity index (χ0) is 21.5. The van der Waals surface area contributed by atoms with Gasteiger partial charge in [-0.3, -0.25) is 9.59 Å². The van der Waals surface area contributed by atoms with E-state index in [9.17, 15) is 19.5 Å². The number of hydrogen-bond acceptors (Lipinski definition) is 6. The van der Waals surface area contributed by atoms with E-state index in [1.807, 2.05) is 12.2 Å². The summed E-state index contributed by atoms with van der Waals surface area (Å²) in [7, 11) is 0. The third kappa shape index (κ3) is 3.62. The minimum atomic E-state index is -1.50. The number of Topliss-reactive ketones (excluding diaryl/α,β-unsaturated/α-hetero) is 1. The molecule has 29 heavy (non-hydrogen) atoms. The second kappa shape index (κ2) is 7.75. The Hall–Kier alpha value is -2.47. The fraction of sp³-hybridized carbons (Fsp3) is 0.522. The average Bonchev–Trinajstić information content (AvgIpc) is 2.96. The quantitative estimate of drug-likeness (QED) is 0.545. The minimum Gasteiger partial charge on any atom is -0.493 e. The number of rotatable bonds is 6. The van der Waals surface area contributed by atoms with E-state index >= 15 is 0 Å². The van der Waals surface area contributed by atoms with Gasteiger partial charge in [0.1, 0.15) is 11.3 Å². The van der Waals surface area contributed by atoms with E-state index in [0.29, 0.717) is 22.8 Å². The van der Waals surface area contributed by atoms with Gasteiger partial charge in [0.05, 0.1) is 12.7 Å². The van der Waals surface area contributed by atoms with Crippen molar-refractivity contribution in [1.29, 1.82) is 0 Å². The molecule has 6 heteroatoms. The SMILES string of the molecule is CC[C@H](C)/C=C/C1=CC2=CC(=O)[C@@]3(C)OC(=O)C(C(=O)[C@@H](C)[C@@H](C)O)=C3C2CO1. The fourth-order valence-corrected chi connectivity index (χ4v) is 3.76. The molecule has 0 saturated heterocycles. The Balaban J connectivity index is 2.06. The van der Waals surface area contributed by atoms with Gasteiger partial charge >= 0.3 is 5.97 Å². The van der Waals surface area contributed by atoms with Gasteiger partial charge in [-0.2, -0.15) is 0 Å². The second-order valence-corrected chi connectivity index (χ2v) is 8.27. The highest BCUT2D eigenvalue weighted by Crippen LogP contribution is 2.47. The van der Waals surface area contributed by atoms with Crippen molar-refractivity contribution >= 4 is 17.5 Å². The summed E-state index contributed by atoms with van der Waals surface area (Å²) in [4.78, 5) is 38.4. The number of aliphatic hydroxyl groups is 1. The van der Waals surface area contributed by atoms with Crippen molar-refractivity contribution in [3.05, 3.63) is 46.8 Å². The van der Waals surface area contributed by atoms with E-state index < -0.39 is 35.3 Å². The number of aliphatic hydroxyl groups excluding tert-OH is 1. The molecular weight excluding hydrogens is 372 g/mol. The van der Waals surface area contributed by atoms with Gasteiger partial charge in [0.15, 0.2) is 11.4 Å². The number of fused-ring (bicyclic) bond motifs is 3. The summed E-state index contributed by atoms with van der Waals surface area (Å²) < 4.78 is 11.3. The normalized spacial score (nSPS) is 29.4. The van der Waals surface area contributed by atoms with Crippen LogP contribution in [0.15, 0.2) is 46.8 Å². The highest BCUT2D eigenvalue weighted by molar-refractivity contribution is 6.23. The molecule has 0 radical (unpaired) electrons. The Morgan fingerprint density at radius 3 is 2.62 bits per heavy atom. The van der Waals surface area contributed by atoms with Crippen LogP contribution in [0.4, 0.5) is 0 Å². The summed E-state index contributed by atoms with van der Waals surface area (Å²) in [6.45, 7) is 8.97. The van der Waals surface area contributed by atoms with E-state index in [1.165, 1.54) is 19.9 Å². The molecule has 0 bridgehead atoms. The molecule has 3 rings (SSSR count). The first kappa shape index (κ1) is 21.2. The molecule has 2 aliphatic heterocycles. The second-order valence-electron chi connectivity index (χ2n) is 8.27. The number of esters is 1. The molecule has 3 aliphatic rings. The minimum absolute atomic E-state index is 0.125. The van der Waals surface area contributed by atoms with Gasteiger partial charge in [-0.05, 0) is 43.6 Å². The van der Waals surface area contributed by atoms with Gasteiger partial charge in [-0.15, -0.1) is 0 Å². The molecule has 0 saturated carbocycles. The Bertz CT molecular complexity index is 872. The summed E-state index contributed by atoms with van der Waals surface area (Å²) in [6, 6.07) is 0. The predicted molar refractivity (Wildman–Crippen MR) is 107 cm³/mol. The molecule has 0 aromatic heterocycles. The first-order valence-corrected chi connectivity index (χ1v) is 10.1. The summed E-state index contributed by atoms with van der Waals surface area (Å²) in [5.74, 6) is -1.87. The van der Waals surface area contributed by atoms with Crippen LogP contribution in [0, 0.1) is 17.8 Å². The van der Waals surface area contributed by atoms with E-state index in [2.05, 4.69) is 13.8 Å². The molecule has 5 atom stereocenters. The first-order valence-electron chi connectivity index (χ1n) is 10.1. The van der Waals surface area contributed by atoms with Gasteiger partial charge in [0.2, 0.25) is 5.78 Å². The van der Waals surface area contributed by atoms with Crippen molar-refractivity contribution in [3.63, 3.8) is 0 Å². The van der Waals surface area contributed by atoms with Crippen LogP contribution in [-0.4, -0.2) is 41.0 Å². The lowest BCUT2D eigenvalue weighted by Crippen LogP contribution is -2.44. The zero-order valence-electron chi connectivity index (χ0n) is 17.5. The third-order valence-corrected chi connectivity index (χ3v) is 6.15. The fourth-order valence-electron chi connectivity index (χ4n) is 3.76. The van der Waals surface area contributed by atoms with Gasteiger partial charge in [-0.1, -0.05) is 33.3 Å². The molecule has 1 N–H and O–H groups in total. The van der Waals surface area contributed by atoms with Crippen LogP contribution in [0.5, 0.6) is 0 Å². The topological polar surface area (TPSA) is 89.9 Å². The lowest BCUT2D eigenvalue weighted by molar-refractivity contribution is -0.153. The number of carbonyl (C=O) groups excluding carboxylic acids is 3. The van der Waals surface area contributed by atoms with E-state index in [4.69, 9.17) is 9.47 Å². The molecular formula is C23H28O6. The summed E-state index contributed by atoms with van der Waals surface area (Å²) in [5, 5.41) is 9.83. The molecule has 6 nitrogen and oxygen atoms in total. The van der Waals surface area contributed by atoms with Gasteiger partial charge in [0.25, 0.3) is 0 Å². The summed E-state index contributed by atoms with van der Waals surface area (Å²) in [6.07, 6.45) is 7.26. The van der Waals surface area contributed by atoms with Gasteiger partial charge in [0, 0.05) is 17.4 Å². The molecule has 0 fully saturated rings. The van der Waals surface area contributed by atoms with Crippen molar-refractivity contribution in [3.8, 4) is 0 Å². The van der Waals surface area contributed by atoms with Crippen LogP contribution in [0.1, 0.15) is 41.0 Å². The van der Waals surface area contributed by atoms with Gasteiger partial charge in [-0.25, -0.2) is 4.79 Å². The Morgan fingerprint density at radius 2 is 2.00 bits per heavy atom. The van der Waals surface area contributed by atoms with Crippen LogP contribution < -0.4 is 0 Å². The van der Waals surface area contributed by atoms with E-state index in [1.54, 1.807) is 13.0 Å². The van der Waals surface area contributed by atoms with Gasteiger partial charge < -0.3 is 14.6 Å². The first-order chi connectivity index (χ1) is 13.6. The third-order valence-electron chi connectivity index (χ3n) is 6.15. The number of allylic oxidation sites excluding steroid dienone is 3. The van der Waals surface area contributed by atoms with E-state index in [0.717, 1.165) is 6.42 Å². The molecule has 156 valence electrons. The van der Waals surface area contributed by atoms with Crippen LogP contribution in [0.2, 0.25) is 0 Å². The zero-order valence-corrected chi connectivity index (χ0v) is 17.5. The van der Waals surface area contributed by atoms with Crippen LogP contribution in [0.25, 0.3) is 0 Å². The van der Waals surface area contributed by atoms with Crippen molar-refractivity contribution in [1.82, 2.24) is 0 Å². The van der Waals surface area contributed by atoms with Crippen molar-refractivity contribution in [2.24, 2.45) is 17.8 Å². The number of ether oxygens (including phenoxy) is 2. The molecule has 1 aliphatic carbocycles. The maximum atomic E-state index is 12.9. The largest absolute Gasteiger partial charge is 0.493 e. The van der Waals surface area contributed by atoms with Crippen LogP contribution >= 0.6 is 0 Å².